The summed E-state index contributed by atoms with van der Waals surface area (Å²) < 4.78 is 40.0. The monoisotopic (exact) mass is 423 g/mol. The Balaban J connectivity index is 0.000000222. The number of nitrogens with one attached hydrogen (secondary N) is 1. The molecule has 0 atom stereocenters. The molecule has 30 heavy (non-hydrogen) atoms. The zero-order valence-electron chi connectivity index (χ0n) is 17.4. The van der Waals surface area contributed by atoms with Crippen LogP contribution in [0.5, 0.6) is 5.75 Å². The van der Waals surface area contributed by atoms with E-state index in [0.717, 1.165) is 25.0 Å². The van der Waals surface area contributed by atoms with E-state index in [4.69, 9.17) is 5.11 Å². The first-order valence-electron chi connectivity index (χ1n) is 9.87. The molecule has 2 N–H and O–H groups in total. The zero-order valence-corrected chi connectivity index (χ0v) is 17.4. The molecule has 0 heterocycles. The van der Waals surface area contributed by atoms with Gasteiger partial charge >= 0.3 is 6.61 Å². The van der Waals surface area contributed by atoms with Gasteiger partial charge in [0, 0.05) is 6.42 Å². The van der Waals surface area contributed by atoms with Crippen molar-refractivity contribution in [2.75, 3.05) is 0 Å². The maximum atomic E-state index is 12.7. The number of carbonyl (C=O) groups excluding carboxylic acids is 1. The minimum atomic E-state index is -3.07. The highest BCUT2D eigenvalue weighted by Gasteiger charge is 2.45. The minimum Gasteiger partial charge on any atom is -0.432 e. The van der Waals surface area contributed by atoms with E-state index < -0.39 is 18.2 Å². The number of amides is 1. The zero-order chi connectivity index (χ0) is 22.3. The molecular formula is C23H28F3NO3. The molecule has 0 spiro atoms. The fourth-order valence-electron chi connectivity index (χ4n) is 3.00. The van der Waals surface area contributed by atoms with E-state index >= 15 is 0 Å². The van der Waals surface area contributed by atoms with Crippen molar-refractivity contribution >= 4 is 5.91 Å². The first kappa shape index (κ1) is 23.7. The summed E-state index contributed by atoms with van der Waals surface area (Å²) in [7, 11) is 0. The second-order valence-corrected chi connectivity index (χ2v) is 7.90. The smallest absolute Gasteiger partial charge is 0.387 e. The Morgan fingerprint density at radius 3 is 2.30 bits per heavy atom. The van der Waals surface area contributed by atoms with Crippen molar-refractivity contribution in [2.24, 2.45) is 5.92 Å². The molecule has 2 aromatic carbocycles. The lowest BCUT2D eigenvalue weighted by atomic mass is 10.0. The minimum absolute atomic E-state index is 0.0559. The molecule has 1 aliphatic rings. The molecule has 0 aliphatic heterocycles. The highest BCUT2D eigenvalue weighted by atomic mass is 19.3. The van der Waals surface area contributed by atoms with Crippen LogP contribution in [0.4, 0.5) is 13.2 Å². The first-order chi connectivity index (χ1) is 14.1. The van der Waals surface area contributed by atoms with Crippen LogP contribution in [0.2, 0.25) is 0 Å². The van der Waals surface area contributed by atoms with Crippen LogP contribution in [0.3, 0.4) is 0 Å². The van der Waals surface area contributed by atoms with Gasteiger partial charge in [-0.15, -0.1) is 0 Å². The van der Waals surface area contributed by atoms with Gasteiger partial charge in [0.25, 0.3) is 0 Å². The number of ether oxygens (including phenoxy) is 1. The Morgan fingerprint density at radius 2 is 1.80 bits per heavy atom. The predicted octanol–water partition coefficient (Wildman–Crippen LogP) is 5.07. The van der Waals surface area contributed by atoms with Crippen LogP contribution in [0.15, 0.2) is 42.5 Å². The molecule has 2 aromatic rings. The fraction of sp³-hybridized carbons (Fsp3) is 0.435. The van der Waals surface area contributed by atoms with E-state index in [1.165, 1.54) is 17.2 Å². The molecule has 1 saturated carbocycles. The maximum absolute atomic E-state index is 12.7. The quantitative estimate of drug-likeness (QED) is 0.654. The molecule has 164 valence electrons. The highest BCUT2D eigenvalue weighted by molar-refractivity contribution is 5.77. The van der Waals surface area contributed by atoms with Gasteiger partial charge in [-0.2, -0.15) is 8.78 Å². The number of aliphatic hydroxyl groups excluding tert-OH is 1. The summed E-state index contributed by atoms with van der Waals surface area (Å²) in [5, 5.41) is 11.8. The SMILES string of the molecule is Cc1ccc(C2(NC(=O)CC(C)C)CC2)cc1.OCc1ccc(F)c(OC(F)F)c1. The number of halogens is 3. The topological polar surface area (TPSA) is 58.6 Å². The van der Waals surface area contributed by atoms with E-state index in [-0.39, 0.29) is 18.1 Å². The third-order valence-corrected chi connectivity index (χ3v) is 4.72. The van der Waals surface area contributed by atoms with E-state index in [1.54, 1.807) is 0 Å². The Hall–Kier alpha value is -2.54. The van der Waals surface area contributed by atoms with Gasteiger partial charge in [-0.05, 0) is 48.9 Å². The number of rotatable bonds is 7. The summed E-state index contributed by atoms with van der Waals surface area (Å²) >= 11 is 0. The maximum Gasteiger partial charge on any atom is 0.387 e. The van der Waals surface area contributed by atoms with Crippen LogP contribution in [-0.4, -0.2) is 17.6 Å². The number of benzene rings is 2. The molecule has 0 unspecified atom stereocenters. The lowest BCUT2D eigenvalue weighted by Gasteiger charge is -2.19. The summed E-state index contributed by atoms with van der Waals surface area (Å²) in [4.78, 5) is 11.8. The van der Waals surface area contributed by atoms with Gasteiger partial charge < -0.3 is 15.2 Å². The van der Waals surface area contributed by atoms with Crippen LogP contribution in [0.1, 0.15) is 49.8 Å². The lowest BCUT2D eigenvalue weighted by molar-refractivity contribution is -0.122. The summed E-state index contributed by atoms with van der Waals surface area (Å²) in [6.45, 7) is 2.82. The highest BCUT2D eigenvalue weighted by Crippen LogP contribution is 2.45. The van der Waals surface area contributed by atoms with Crippen molar-refractivity contribution in [2.45, 2.75) is 58.8 Å². The Kier molecular flexibility index (Phi) is 8.29. The molecule has 4 nitrogen and oxygen atoms in total. The average Bonchev–Trinajstić information content (AvgIpc) is 3.44. The Labute approximate surface area is 175 Å². The molecule has 0 saturated heterocycles. The molecule has 0 radical (unpaired) electrons. The number of hydrogen-bond acceptors (Lipinski definition) is 3. The van der Waals surface area contributed by atoms with Crippen molar-refractivity contribution < 1.29 is 27.8 Å². The number of carbonyl (C=O) groups is 1. The van der Waals surface area contributed by atoms with Gasteiger partial charge in [0.05, 0.1) is 12.1 Å². The standard InChI is InChI=1S/C15H21NO.C8H7F3O2/c1-11(2)10-14(17)16-15(8-9-15)13-6-4-12(3)5-7-13;9-6-2-1-5(4-12)3-7(6)13-8(10)11/h4-7,11H,8-10H2,1-3H3,(H,16,17);1-3,8,12H,4H2. The lowest BCUT2D eigenvalue weighted by Crippen LogP contribution is -2.35. The molecule has 1 fully saturated rings. The third-order valence-electron chi connectivity index (χ3n) is 4.72. The van der Waals surface area contributed by atoms with Crippen molar-refractivity contribution in [3.05, 3.63) is 65.0 Å². The number of alkyl halides is 2. The molecule has 0 aromatic heterocycles. The summed E-state index contributed by atoms with van der Waals surface area (Å²) in [5.41, 5.74) is 2.77. The van der Waals surface area contributed by atoms with Gasteiger partial charge in [-0.25, -0.2) is 4.39 Å². The van der Waals surface area contributed by atoms with Crippen molar-refractivity contribution in [3.63, 3.8) is 0 Å². The second kappa shape index (κ2) is 10.5. The van der Waals surface area contributed by atoms with Crippen molar-refractivity contribution in [1.82, 2.24) is 5.32 Å². The Morgan fingerprint density at radius 1 is 1.17 bits per heavy atom. The van der Waals surface area contributed by atoms with E-state index in [1.807, 2.05) is 0 Å². The van der Waals surface area contributed by atoms with Crippen LogP contribution in [-0.2, 0) is 16.9 Å². The average molecular weight is 423 g/mol. The van der Waals surface area contributed by atoms with E-state index in [2.05, 4.69) is 55.1 Å². The molecule has 0 bridgehead atoms. The van der Waals surface area contributed by atoms with Gasteiger partial charge in [0.15, 0.2) is 11.6 Å². The molecular weight excluding hydrogens is 395 g/mol. The van der Waals surface area contributed by atoms with Crippen LogP contribution < -0.4 is 10.1 Å². The normalized spacial score (nSPS) is 14.2. The van der Waals surface area contributed by atoms with Gasteiger partial charge in [-0.1, -0.05) is 49.7 Å². The number of hydrogen-bond donors (Lipinski definition) is 2. The van der Waals surface area contributed by atoms with Gasteiger partial charge in [0.2, 0.25) is 5.91 Å². The van der Waals surface area contributed by atoms with Gasteiger partial charge in [-0.3, -0.25) is 4.79 Å². The summed E-state index contributed by atoms with van der Waals surface area (Å²) in [6, 6.07) is 11.8. The van der Waals surface area contributed by atoms with Crippen molar-refractivity contribution in [3.8, 4) is 5.75 Å². The first-order valence-corrected chi connectivity index (χ1v) is 9.87. The van der Waals surface area contributed by atoms with Crippen LogP contribution >= 0.6 is 0 Å². The van der Waals surface area contributed by atoms with Crippen LogP contribution in [0.25, 0.3) is 0 Å². The van der Waals surface area contributed by atoms with Gasteiger partial charge in [0.1, 0.15) is 0 Å². The molecule has 1 aliphatic carbocycles. The predicted molar refractivity (Wildman–Crippen MR) is 109 cm³/mol. The summed E-state index contributed by atoms with van der Waals surface area (Å²) in [5.74, 6) is -0.832. The summed E-state index contributed by atoms with van der Waals surface area (Å²) in [6.07, 6.45) is 2.76. The third kappa shape index (κ3) is 7.06. The van der Waals surface area contributed by atoms with Crippen molar-refractivity contribution in [1.29, 1.82) is 0 Å². The fourth-order valence-corrected chi connectivity index (χ4v) is 3.00. The molecule has 7 heteroatoms. The molecule has 1 amide bonds. The number of aryl methyl sites for hydroxylation is 1. The second-order valence-electron chi connectivity index (χ2n) is 7.90. The largest absolute Gasteiger partial charge is 0.432 e. The molecule has 3 rings (SSSR count). The Bertz CT molecular complexity index is 834. The van der Waals surface area contributed by atoms with E-state index in [9.17, 15) is 18.0 Å². The van der Waals surface area contributed by atoms with E-state index in [0.29, 0.717) is 17.9 Å². The van der Waals surface area contributed by atoms with Crippen LogP contribution in [0, 0.1) is 18.7 Å². The number of aliphatic hydroxyl groups is 1.